The van der Waals surface area contributed by atoms with Crippen LogP contribution in [0.5, 0.6) is 0 Å². The first-order valence-electron chi connectivity index (χ1n) is 4.47. The van der Waals surface area contributed by atoms with Gasteiger partial charge in [0.2, 0.25) is 0 Å². The molecule has 0 fully saturated rings. The molecular formula is C10H9N3OS. The van der Waals surface area contributed by atoms with Crippen LogP contribution in [0, 0.1) is 18.3 Å². The predicted octanol–water partition coefficient (Wildman–Crippen LogP) is 1.60. The molecule has 0 spiro atoms. The lowest BCUT2D eigenvalue weighted by Crippen LogP contribution is -2.04. The molecule has 0 aliphatic carbocycles. The molecule has 76 valence electrons. The summed E-state index contributed by atoms with van der Waals surface area (Å²) in [7, 11) is 0. The average Bonchev–Trinajstić information content (AvgIpc) is 2.64. The number of hydrogen-bond acceptors (Lipinski definition) is 5. The largest absolute Gasteiger partial charge is 0.395 e. The molecular weight excluding hydrogens is 210 g/mol. The monoisotopic (exact) mass is 219 g/mol. The van der Waals surface area contributed by atoms with Crippen molar-refractivity contribution < 1.29 is 5.11 Å². The molecule has 1 atom stereocenters. The Balaban J connectivity index is 2.66. The van der Waals surface area contributed by atoms with Gasteiger partial charge in [-0.1, -0.05) is 0 Å². The Morgan fingerprint density at radius 3 is 3.07 bits per heavy atom. The molecule has 2 aromatic heterocycles. The third-order valence-corrected chi connectivity index (χ3v) is 3.34. The fourth-order valence-electron chi connectivity index (χ4n) is 1.42. The van der Waals surface area contributed by atoms with Crippen molar-refractivity contribution in [2.75, 3.05) is 6.61 Å². The number of thiophene rings is 1. The summed E-state index contributed by atoms with van der Waals surface area (Å²) in [6, 6.07) is 2.04. The molecule has 0 saturated heterocycles. The van der Waals surface area contributed by atoms with E-state index in [-0.39, 0.29) is 6.61 Å². The van der Waals surface area contributed by atoms with Crippen molar-refractivity contribution in [1.82, 2.24) is 9.97 Å². The number of nitrogens with zero attached hydrogens (tertiary/aromatic N) is 3. The number of aliphatic hydroxyl groups excluding tert-OH is 1. The van der Waals surface area contributed by atoms with Crippen molar-refractivity contribution >= 4 is 21.6 Å². The Morgan fingerprint density at radius 1 is 1.60 bits per heavy atom. The lowest BCUT2D eigenvalue weighted by Gasteiger charge is -2.04. The number of aliphatic hydroxyl groups is 1. The molecule has 1 N–H and O–H groups in total. The molecule has 2 heterocycles. The van der Waals surface area contributed by atoms with Crippen molar-refractivity contribution in [3.05, 3.63) is 23.0 Å². The number of nitriles is 1. The number of aromatic nitrogens is 2. The minimum absolute atomic E-state index is 0.209. The summed E-state index contributed by atoms with van der Waals surface area (Å²) in [6.45, 7) is 1.76. The number of rotatable bonds is 2. The van der Waals surface area contributed by atoms with Crippen LogP contribution >= 0.6 is 11.3 Å². The van der Waals surface area contributed by atoms with E-state index in [9.17, 15) is 0 Å². The van der Waals surface area contributed by atoms with E-state index in [4.69, 9.17) is 10.4 Å². The van der Waals surface area contributed by atoms with Gasteiger partial charge in [0.25, 0.3) is 0 Å². The second kappa shape index (κ2) is 3.93. The minimum atomic E-state index is -0.562. The molecule has 0 aromatic carbocycles. The smallest absolute Gasteiger partial charge is 0.116 e. The van der Waals surface area contributed by atoms with Gasteiger partial charge >= 0.3 is 0 Å². The van der Waals surface area contributed by atoms with E-state index in [0.717, 1.165) is 15.8 Å². The molecule has 0 bridgehead atoms. The van der Waals surface area contributed by atoms with Gasteiger partial charge in [0.05, 0.1) is 28.6 Å². The zero-order chi connectivity index (χ0) is 10.8. The molecule has 0 aliphatic heterocycles. The predicted molar refractivity (Wildman–Crippen MR) is 57.6 cm³/mol. The maximum atomic E-state index is 9.07. The highest BCUT2D eigenvalue weighted by Crippen LogP contribution is 2.29. The zero-order valence-electron chi connectivity index (χ0n) is 8.14. The van der Waals surface area contributed by atoms with Crippen LogP contribution in [-0.4, -0.2) is 21.7 Å². The maximum absolute atomic E-state index is 9.07. The van der Waals surface area contributed by atoms with Gasteiger partial charge in [0, 0.05) is 0 Å². The van der Waals surface area contributed by atoms with E-state index < -0.39 is 5.92 Å². The lowest BCUT2D eigenvalue weighted by atomic mass is 10.1. The first-order valence-corrected chi connectivity index (χ1v) is 5.35. The van der Waals surface area contributed by atoms with Crippen molar-refractivity contribution in [1.29, 1.82) is 5.26 Å². The number of fused-ring (bicyclic) bond motifs is 1. The highest BCUT2D eigenvalue weighted by atomic mass is 32.1. The topological polar surface area (TPSA) is 69.8 Å². The molecule has 2 aromatic rings. The van der Waals surface area contributed by atoms with Crippen molar-refractivity contribution in [2.45, 2.75) is 12.8 Å². The van der Waals surface area contributed by atoms with E-state index in [0.29, 0.717) is 5.69 Å². The summed E-state index contributed by atoms with van der Waals surface area (Å²) in [4.78, 5) is 8.24. The first kappa shape index (κ1) is 10.0. The van der Waals surface area contributed by atoms with Gasteiger partial charge in [-0.2, -0.15) is 5.26 Å². The van der Waals surface area contributed by atoms with Crippen LogP contribution in [0.25, 0.3) is 10.2 Å². The first-order chi connectivity index (χ1) is 7.27. The van der Waals surface area contributed by atoms with Crippen LogP contribution in [0.15, 0.2) is 11.7 Å². The molecule has 4 nitrogen and oxygen atoms in total. The summed E-state index contributed by atoms with van der Waals surface area (Å²) >= 11 is 1.51. The summed E-state index contributed by atoms with van der Waals surface area (Å²) in [5.41, 5.74) is 2.58. The minimum Gasteiger partial charge on any atom is -0.395 e. The Morgan fingerprint density at radius 2 is 2.40 bits per heavy atom. The molecule has 2 rings (SSSR count). The highest BCUT2D eigenvalue weighted by Gasteiger charge is 2.16. The molecule has 15 heavy (non-hydrogen) atoms. The summed E-state index contributed by atoms with van der Waals surface area (Å²) in [5, 5.41) is 19.9. The van der Waals surface area contributed by atoms with Gasteiger partial charge in [-0.3, -0.25) is 0 Å². The Kier molecular flexibility index (Phi) is 2.62. The molecule has 0 saturated carbocycles. The van der Waals surface area contributed by atoms with Crippen LogP contribution in [0.4, 0.5) is 0 Å². The molecule has 5 heteroatoms. The Bertz CT molecular complexity index is 529. The standard InChI is InChI=1S/C10H9N3OS/c1-6-4-15-10-8(6)12-5-13-9(10)7(2-11)3-14/h4-5,7,14H,3H2,1H3. The second-order valence-corrected chi connectivity index (χ2v) is 4.10. The van der Waals surface area contributed by atoms with Gasteiger partial charge in [-0.25, -0.2) is 9.97 Å². The molecule has 0 radical (unpaired) electrons. The van der Waals surface area contributed by atoms with Gasteiger partial charge in [0.15, 0.2) is 0 Å². The second-order valence-electron chi connectivity index (χ2n) is 3.22. The van der Waals surface area contributed by atoms with Gasteiger partial charge in [-0.15, -0.1) is 11.3 Å². The van der Waals surface area contributed by atoms with Crippen molar-refractivity contribution in [3.63, 3.8) is 0 Å². The fraction of sp³-hybridized carbons (Fsp3) is 0.300. The SMILES string of the molecule is Cc1csc2c(C(C#N)CO)ncnc12. The fourth-order valence-corrected chi connectivity index (χ4v) is 2.47. The van der Waals surface area contributed by atoms with Crippen LogP contribution in [0.2, 0.25) is 0 Å². The lowest BCUT2D eigenvalue weighted by molar-refractivity contribution is 0.285. The number of aryl methyl sites for hydroxylation is 1. The average molecular weight is 219 g/mol. The van der Waals surface area contributed by atoms with Gasteiger partial charge < -0.3 is 5.11 Å². The maximum Gasteiger partial charge on any atom is 0.116 e. The zero-order valence-corrected chi connectivity index (χ0v) is 8.95. The summed E-state index contributed by atoms with van der Waals surface area (Å²) in [5.74, 6) is -0.562. The van der Waals surface area contributed by atoms with Gasteiger partial charge in [-0.05, 0) is 17.9 Å². The normalized spacial score (nSPS) is 12.6. The molecule has 1 unspecified atom stereocenters. The highest BCUT2D eigenvalue weighted by molar-refractivity contribution is 7.17. The van der Waals surface area contributed by atoms with E-state index in [1.807, 2.05) is 18.4 Å². The van der Waals surface area contributed by atoms with Crippen LogP contribution in [0.3, 0.4) is 0 Å². The number of hydrogen-bond donors (Lipinski definition) is 1. The molecule has 0 amide bonds. The van der Waals surface area contributed by atoms with Crippen LogP contribution < -0.4 is 0 Å². The Labute approximate surface area is 90.8 Å². The van der Waals surface area contributed by atoms with E-state index in [2.05, 4.69) is 9.97 Å². The third kappa shape index (κ3) is 1.58. The quantitative estimate of drug-likeness (QED) is 0.832. The van der Waals surface area contributed by atoms with Crippen LogP contribution in [0.1, 0.15) is 17.2 Å². The van der Waals surface area contributed by atoms with E-state index >= 15 is 0 Å². The van der Waals surface area contributed by atoms with Gasteiger partial charge in [0.1, 0.15) is 12.2 Å². The molecule has 0 aliphatic rings. The van der Waals surface area contributed by atoms with Crippen molar-refractivity contribution in [3.8, 4) is 6.07 Å². The van der Waals surface area contributed by atoms with Crippen LogP contribution in [-0.2, 0) is 0 Å². The van der Waals surface area contributed by atoms with Crippen molar-refractivity contribution in [2.24, 2.45) is 0 Å². The summed E-state index contributed by atoms with van der Waals surface area (Å²) in [6.07, 6.45) is 1.44. The van der Waals surface area contributed by atoms with E-state index in [1.165, 1.54) is 17.7 Å². The van der Waals surface area contributed by atoms with E-state index in [1.54, 1.807) is 0 Å². The Hall–Kier alpha value is -1.51. The third-order valence-electron chi connectivity index (χ3n) is 2.23. The summed E-state index contributed by atoms with van der Waals surface area (Å²) < 4.78 is 0.899.